The van der Waals surface area contributed by atoms with Crippen LogP contribution in [0.4, 0.5) is 0 Å². The van der Waals surface area contributed by atoms with Gasteiger partial charge in [-0.25, -0.2) is 0 Å². The van der Waals surface area contributed by atoms with Crippen molar-refractivity contribution in [3.63, 3.8) is 0 Å². The zero-order valence-electron chi connectivity index (χ0n) is 16.2. The number of nitrogens with zero attached hydrogens (tertiary/aromatic N) is 2. The van der Waals surface area contributed by atoms with Crippen molar-refractivity contribution >= 4 is 18.0 Å². The molecule has 0 unspecified atom stereocenters. The van der Waals surface area contributed by atoms with E-state index in [9.17, 15) is 29.8 Å². The highest BCUT2D eigenvalue weighted by molar-refractivity contribution is 5.74. The Balaban J connectivity index is 0.00000379. The molecular formula is C17H22N2O10. The van der Waals surface area contributed by atoms with E-state index >= 15 is 0 Å². The van der Waals surface area contributed by atoms with E-state index in [-0.39, 0.29) is 11.5 Å². The van der Waals surface area contributed by atoms with Crippen LogP contribution in [0, 0.1) is 26.1 Å². The van der Waals surface area contributed by atoms with Crippen molar-refractivity contribution in [2.24, 2.45) is 5.92 Å². The maximum Gasteiger partial charge on any atom is 0.311 e. The lowest BCUT2D eigenvalue weighted by Crippen LogP contribution is -2.24. The standard InChI is InChI=1S/C15H16N2O10.C2H6/c1-3-12-7-13(4-5-14(12)26-10(2)18)27-15(19)6-11(8-24-16(20)21)9-25-17(22)23;1-2/h3-5,7,11H,1,6,8-9H2,2H3;1-2H3. The van der Waals surface area contributed by atoms with Gasteiger partial charge in [-0.05, 0) is 18.2 Å². The molecule has 12 heteroatoms. The Kier molecular flexibility index (Phi) is 11.7. The smallest absolute Gasteiger partial charge is 0.311 e. The summed E-state index contributed by atoms with van der Waals surface area (Å²) in [5, 5.41) is 18.3. The Morgan fingerprint density at radius 2 is 1.66 bits per heavy atom. The third kappa shape index (κ3) is 10.9. The summed E-state index contributed by atoms with van der Waals surface area (Å²) >= 11 is 0. The van der Waals surface area contributed by atoms with Gasteiger partial charge in [-0.15, -0.1) is 20.2 Å². The lowest BCUT2D eigenvalue weighted by Gasteiger charge is -2.14. The molecule has 12 nitrogen and oxygen atoms in total. The number of carbonyl (C=O) groups is 2. The van der Waals surface area contributed by atoms with Gasteiger partial charge in [0, 0.05) is 18.4 Å². The molecule has 0 aliphatic carbocycles. The van der Waals surface area contributed by atoms with Crippen molar-refractivity contribution in [2.45, 2.75) is 27.2 Å². The summed E-state index contributed by atoms with van der Waals surface area (Å²) in [5.41, 5.74) is 0.389. The molecule has 0 N–H and O–H groups in total. The summed E-state index contributed by atoms with van der Waals surface area (Å²) in [6, 6.07) is 4.14. The summed E-state index contributed by atoms with van der Waals surface area (Å²) in [4.78, 5) is 51.8. The number of benzene rings is 1. The first-order valence-corrected chi connectivity index (χ1v) is 8.41. The van der Waals surface area contributed by atoms with E-state index in [1.165, 1.54) is 31.2 Å². The van der Waals surface area contributed by atoms with Crippen LogP contribution in [0.25, 0.3) is 6.08 Å². The average molecular weight is 414 g/mol. The van der Waals surface area contributed by atoms with Crippen molar-refractivity contribution in [1.29, 1.82) is 0 Å². The Morgan fingerprint density at radius 1 is 1.10 bits per heavy atom. The fraction of sp³-hybridized carbons (Fsp3) is 0.412. The summed E-state index contributed by atoms with van der Waals surface area (Å²) in [7, 11) is 0. The van der Waals surface area contributed by atoms with Gasteiger partial charge in [0.1, 0.15) is 24.7 Å². The minimum atomic E-state index is -1.09. The Hall–Kier alpha value is -3.70. The molecule has 29 heavy (non-hydrogen) atoms. The predicted octanol–water partition coefficient (Wildman–Crippen LogP) is 2.61. The highest BCUT2D eigenvalue weighted by Crippen LogP contribution is 2.26. The Morgan fingerprint density at radius 3 is 2.10 bits per heavy atom. The summed E-state index contributed by atoms with van der Waals surface area (Å²) < 4.78 is 10.0. The second kappa shape index (κ2) is 13.5. The number of rotatable bonds is 11. The van der Waals surface area contributed by atoms with E-state index in [4.69, 9.17) is 9.47 Å². The van der Waals surface area contributed by atoms with Gasteiger partial charge in [-0.1, -0.05) is 26.5 Å². The quantitative estimate of drug-likeness (QED) is 0.228. The molecule has 0 heterocycles. The number of carbonyl (C=O) groups excluding carboxylic acids is 2. The zero-order valence-corrected chi connectivity index (χ0v) is 16.2. The molecule has 0 radical (unpaired) electrons. The minimum Gasteiger partial charge on any atom is -0.426 e. The van der Waals surface area contributed by atoms with E-state index in [0.29, 0.717) is 5.56 Å². The van der Waals surface area contributed by atoms with Crippen LogP contribution in [-0.4, -0.2) is 35.3 Å². The molecule has 0 aromatic heterocycles. The minimum absolute atomic E-state index is 0.0925. The molecular weight excluding hydrogens is 392 g/mol. The van der Waals surface area contributed by atoms with Crippen molar-refractivity contribution in [2.75, 3.05) is 13.2 Å². The predicted molar refractivity (Wildman–Crippen MR) is 98.8 cm³/mol. The maximum absolute atomic E-state index is 12.0. The first-order chi connectivity index (χ1) is 13.7. The summed E-state index contributed by atoms with van der Waals surface area (Å²) in [6.07, 6.45) is 0.949. The second-order valence-corrected chi connectivity index (χ2v) is 5.08. The summed E-state index contributed by atoms with van der Waals surface area (Å²) in [5.74, 6) is -2.03. The van der Waals surface area contributed by atoms with Gasteiger partial charge in [0.25, 0.3) is 10.2 Å². The van der Waals surface area contributed by atoms with Gasteiger partial charge in [0.05, 0.1) is 6.42 Å². The molecule has 1 rings (SSSR count). The Bertz CT molecular complexity index is 717. The van der Waals surface area contributed by atoms with Crippen molar-refractivity contribution in [1.82, 2.24) is 0 Å². The number of hydrogen-bond donors (Lipinski definition) is 0. The van der Waals surface area contributed by atoms with Gasteiger partial charge in [-0.3, -0.25) is 9.59 Å². The molecule has 0 aliphatic rings. The Labute approximate surface area is 166 Å². The van der Waals surface area contributed by atoms with Crippen molar-refractivity contribution in [3.8, 4) is 11.5 Å². The third-order valence-electron chi connectivity index (χ3n) is 2.97. The molecule has 1 aromatic carbocycles. The first kappa shape index (κ1) is 25.3. The highest BCUT2D eigenvalue weighted by Gasteiger charge is 2.20. The normalized spacial score (nSPS) is 9.52. The second-order valence-electron chi connectivity index (χ2n) is 5.08. The number of hydrogen-bond acceptors (Lipinski definition) is 10. The van der Waals surface area contributed by atoms with Crippen LogP contribution >= 0.6 is 0 Å². The monoisotopic (exact) mass is 414 g/mol. The summed E-state index contributed by atoms with van der Waals surface area (Å²) in [6.45, 7) is 7.61. The van der Waals surface area contributed by atoms with Crippen LogP contribution in [0.2, 0.25) is 0 Å². The van der Waals surface area contributed by atoms with Gasteiger partial charge in [0.2, 0.25) is 0 Å². The molecule has 0 saturated carbocycles. The van der Waals surface area contributed by atoms with Gasteiger partial charge < -0.3 is 19.1 Å². The molecule has 0 atom stereocenters. The maximum atomic E-state index is 12.0. The van der Waals surface area contributed by atoms with Crippen molar-refractivity contribution < 1.29 is 38.9 Å². The van der Waals surface area contributed by atoms with Crippen LogP contribution in [0.5, 0.6) is 11.5 Å². The van der Waals surface area contributed by atoms with Crippen LogP contribution in [0.1, 0.15) is 32.8 Å². The molecule has 0 spiro atoms. The fourth-order valence-corrected chi connectivity index (χ4v) is 1.90. The molecule has 0 bridgehead atoms. The van der Waals surface area contributed by atoms with E-state index in [2.05, 4.69) is 16.3 Å². The van der Waals surface area contributed by atoms with Crippen molar-refractivity contribution in [3.05, 3.63) is 50.6 Å². The number of ether oxygens (including phenoxy) is 2. The molecule has 160 valence electrons. The van der Waals surface area contributed by atoms with E-state index in [1.807, 2.05) is 13.8 Å². The molecule has 0 fully saturated rings. The van der Waals surface area contributed by atoms with Gasteiger partial charge >= 0.3 is 11.9 Å². The van der Waals surface area contributed by atoms with Crippen LogP contribution < -0.4 is 9.47 Å². The van der Waals surface area contributed by atoms with Crippen LogP contribution in [0.3, 0.4) is 0 Å². The lowest BCUT2D eigenvalue weighted by atomic mass is 10.1. The molecule has 0 aliphatic heterocycles. The third-order valence-corrected chi connectivity index (χ3v) is 2.97. The number of esters is 2. The van der Waals surface area contributed by atoms with Gasteiger partial charge in [-0.2, -0.15) is 0 Å². The average Bonchev–Trinajstić information content (AvgIpc) is 2.66. The largest absolute Gasteiger partial charge is 0.426 e. The molecule has 1 aromatic rings. The first-order valence-electron chi connectivity index (χ1n) is 8.41. The van der Waals surface area contributed by atoms with E-state index in [0.717, 1.165) is 0 Å². The lowest BCUT2D eigenvalue weighted by molar-refractivity contribution is -0.768. The molecule has 0 amide bonds. The van der Waals surface area contributed by atoms with Gasteiger partial charge in [0.15, 0.2) is 0 Å². The van der Waals surface area contributed by atoms with Crippen LogP contribution in [0.15, 0.2) is 24.8 Å². The topological polar surface area (TPSA) is 157 Å². The highest BCUT2D eigenvalue weighted by atomic mass is 17.0. The molecule has 0 saturated heterocycles. The zero-order chi connectivity index (χ0) is 22.4. The SMILES string of the molecule is C=Cc1cc(OC(=O)CC(CO[N+](=O)[O-])CO[N+](=O)[O-])ccc1OC(C)=O.CC. The van der Waals surface area contributed by atoms with E-state index in [1.54, 1.807) is 0 Å². The van der Waals surface area contributed by atoms with E-state index < -0.39 is 47.7 Å². The van der Waals surface area contributed by atoms with Crippen LogP contribution in [-0.2, 0) is 19.3 Å². The fourth-order valence-electron chi connectivity index (χ4n) is 1.90.